The SMILES string of the molecule is O=C1NCCC1CC(NC(=O)[C@@H]1C2CCCCC2CN1C(=O)c1csc(C(F)(F)F)n1)C(=O)COC(F)(F)F. The van der Waals surface area contributed by atoms with E-state index in [0.717, 1.165) is 23.1 Å². The van der Waals surface area contributed by atoms with Gasteiger partial charge in [0.25, 0.3) is 5.91 Å². The maximum absolute atomic E-state index is 13.6. The van der Waals surface area contributed by atoms with E-state index in [0.29, 0.717) is 25.8 Å². The van der Waals surface area contributed by atoms with Crippen LogP contribution in [-0.4, -0.2) is 71.5 Å². The third kappa shape index (κ3) is 6.88. The first-order valence-electron chi connectivity index (χ1n) is 12.4. The number of aromatic nitrogens is 1. The average molecular weight is 585 g/mol. The van der Waals surface area contributed by atoms with E-state index in [2.05, 4.69) is 20.4 Å². The summed E-state index contributed by atoms with van der Waals surface area (Å²) in [6, 6.07) is -2.68. The summed E-state index contributed by atoms with van der Waals surface area (Å²) in [4.78, 5) is 56.1. The zero-order valence-corrected chi connectivity index (χ0v) is 21.3. The Balaban J connectivity index is 1.56. The Morgan fingerprint density at radius 2 is 1.87 bits per heavy atom. The third-order valence-corrected chi connectivity index (χ3v) is 8.29. The molecule has 0 aromatic carbocycles. The molecule has 9 nitrogen and oxygen atoms in total. The summed E-state index contributed by atoms with van der Waals surface area (Å²) in [6.07, 6.45) is -7.02. The maximum Gasteiger partial charge on any atom is 0.522 e. The quantitative estimate of drug-likeness (QED) is 0.454. The smallest absolute Gasteiger partial charge is 0.356 e. The number of halogens is 6. The average Bonchev–Trinajstić information content (AvgIpc) is 3.59. The van der Waals surface area contributed by atoms with Crippen LogP contribution in [0.4, 0.5) is 26.3 Å². The zero-order chi connectivity index (χ0) is 28.5. The maximum atomic E-state index is 13.6. The highest BCUT2D eigenvalue weighted by molar-refractivity contribution is 7.10. The number of rotatable bonds is 8. The van der Waals surface area contributed by atoms with E-state index in [1.165, 1.54) is 0 Å². The number of Topliss-reactive ketones (excluding diaryl/α,β-unsaturated/α-hetero) is 1. The molecule has 3 fully saturated rings. The molecule has 5 atom stereocenters. The van der Waals surface area contributed by atoms with Gasteiger partial charge < -0.3 is 15.5 Å². The van der Waals surface area contributed by atoms with E-state index >= 15 is 0 Å². The number of thiazole rings is 1. The molecule has 0 radical (unpaired) electrons. The van der Waals surface area contributed by atoms with Crippen LogP contribution in [0.25, 0.3) is 0 Å². The lowest BCUT2D eigenvalue weighted by Crippen LogP contribution is -2.54. The molecule has 3 aliphatic rings. The topological polar surface area (TPSA) is 118 Å². The Labute approximate surface area is 222 Å². The van der Waals surface area contributed by atoms with Crippen molar-refractivity contribution in [3.05, 3.63) is 16.1 Å². The van der Waals surface area contributed by atoms with Gasteiger partial charge >= 0.3 is 12.5 Å². The van der Waals surface area contributed by atoms with E-state index in [1.807, 2.05) is 0 Å². The van der Waals surface area contributed by atoms with Gasteiger partial charge in [-0.15, -0.1) is 24.5 Å². The first kappa shape index (κ1) is 29.2. The molecule has 2 aliphatic heterocycles. The number of amides is 3. The molecule has 0 spiro atoms. The van der Waals surface area contributed by atoms with Gasteiger partial charge in [0, 0.05) is 24.4 Å². The Morgan fingerprint density at radius 3 is 2.49 bits per heavy atom. The van der Waals surface area contributed by atoms with E-state index in [-0.39, 0.29) is 36.1 Å². The molecule has 4 rings (SSSR count). The van der Waals surface area contributed by atoms with E-state index in [9.17, 15) is 45.5 Å². The van der Waals surface area contributed by atoms with Gasteiger partial charge in [0.15, 0.2) is 10.8 Å². The molecule has 1 aromatic rings. The number of hydrogen-bond acceptors (Lipinski definition) is 7. The summed E-state index contributed by atoms with van der Waals surface area (Å²) < 4.78 is 80.5. The summed E-state index contributed by atoms with van der Waals surface area (Å²) in [7, 11) is 0. The summed E-state index contributed by atoms with van der Waals surface area (Å²) in [6.45, 7) is -0.998. The molecular weight excluding hydrogens is 558 g/mol. The molecular formula is C23H26F6N4O5S. The summed E-state index contributed by atoms with van der Waals surface area (Å²) in [5.74, 6) is -4.44. The van der Waals surface area contributed by atoms with Crippen LogP contribution in [0.1, 0.15) is 54.0 Å². The van der Waals surface area contributed by atoms with Crippen LogP contribution in [0.5, 0.6) is 0 Å². The van der Waals surface area contributed by atoms with Gasteiger partial charge in [0.1, 0.15) is 18.3 Å². The van der Waals surface area contributed by atoms with Crippen LogP contribution in [-0.2, 0) is 25.3 Å². The predicted octanol–water partition coefficient (Wildman–Crippen LogP) is 2.91. The number of nitrogens with zero attached hydrogens (tertiary/aromatic N) is 2. The van der Waals surface area contributed by atoms with Crippen LogP contribution in [0.2, 0.25) is 0 Å². The van der Waals surface area contributed by atoms with Crippen LogP contribution < -0.4 is 10.6 Å². The third-order valence-electron chi connectivity index (χ3n) is 7.40. The number of fused-ring (bicyclic) bond motifs is 1. The number of nitrogens with one attached hydrogen (secondary N) is 2. The molecule has 1 saturated carbocycles. The van der Waals surface area contributed by atoms with E-state index in [4.69, 9.17) is 0 Å². The summed E-state index contributed by atoms with van der Waals surface area (Å²) in [5.41, 5.74) is -0.474. The summed E-state index contributed by atoms with van der Waals surface area (Å²) in [5, 5.41) is 4.73. The minimum atomic E-state index is -5.10. The fourth-order valence-corrected chi connectivity index (χ4v) is 6.27. The number of carbonyl (C=O) groups is 4. The highest BCUT2D eigenvalue weighted by Gasteiger charge is 2.50. The second kappa shape index (κ2) is 11.4. The lowest BCUT2D eigenvalue weighted by molar-refractivity contribution is -0.321. The van der Waals surface area contributed by atoms with Crippen molar-refractivity contribution >= 4 is 34.8 Å². The largest absolute Gasteiger partial charge is 0.522 e. The second-order valence-corrected chi connectivity index (χ2v) is 10.8. The molecule has 216 valence electrons. The van der Waals surface area contributed by atoms with Gasteiger partial charge in [0.05, 0.1) is 6.04 Å². The van der Waals surface area contributed by atoms with Crippen molar-refractivity contribution in [3.63, 3.8) is 0 Å². The van der Waals surface area contributed by atoms with Gasteiger partial charge in [-0.05, 0) is 37.5 Å². The lowest BCUT2D eigenvalue weighted by Gasteiger charge is -2.31. The number of ether oxygens (including phenoxy) is 1. The Kier molecular flexibility index (Phi) is 8.54. The first-order valence-corrected chi connectivity index (χ1v) is 13.3. The molecule has 2 N–H and O–H groups in total. The van der Waals surface area contributed by atoms with Gasteiger partial charge in [0.2, 0.25) is 11.8 Å². The number of alkyl halides is 6. The van der Waals surface area contributed by atoms with Crippen molar-refractivity contribution < 1.29 is 50.3 Å². The normalized spacial score (nSPS) is 26.2. The van der Waals surface area contributed by atoms with Crippen LogP contribution in [0.3, 0.4) is 0 Å². The molecule has 4 unspecified atom stereocenters. The Morgan fingerprint density at radius 1 is 1.15 bits per heavy atom. The van der Waals surface area contributed by atoms with E-state index < -0.39 is 71.4 Å². The van der Waals surface area contributed by atoms with Gasteiger partial charge in [-0.25, -0.2) is 4.98 Å². The van der Waals surface area contributed by atoms with Crippen molar-refractivity contribution in [2.24, 2.45) is 17.8 Å². The summed E-state index contributed by atoms with van der Waals surface area (Å²) >= 11 is 0.246. The highest BCUT2D eigenvalue weighted by Crippen LogP contribution is 2.42. The number of hydrogen-bond donors (Lipinski definition) is 2. The minimum Gasteiger partial charge on any atom is -0.356 e. The Bertz CT molecular complexity index is 1110. The standard InChI is InChI=1S/C23H26F6N4O5S/c24-22(25,26)21-32-15(10-39-21)20(37)33-8-12-3-1-2-4-13(12)17(33)19(36)31-14(7-11-5-6-30-18(11)35)16(34)9-38-23(27,28)29/h10-14,17H,1-9H2,(H,30,35)(H,31,36)/t11?,12?,13?,14?,17-/m0/s1. The van der Waals surface area contributed by atoms with E-state index in [1.54, 1.807) is 0 Å². The number of ketones is 1. The molecule has 1 aliphatic carbocycles. The second-order valence-electron chi connectivity index (χ2n) is 9.92. The molecule has 3 amide bonds. The highest BCUT2D eigenvalue weighted by atomic mass is 32.1. The molecule has 2 saturated heterocycles. The minimum absolute atomic E-state index is 0.0846. The van der Waals surface area contributed by atoms with Crippen molar-refractivity contribution in [1.82, 2.24) is 20.5 Å². The van der Waals surface area contributed by atoms with Gasteiger partial charge in [-0.2, -0.15) is 13.2 Å². The van der Waals surface area contributed by atoms with Crippen LogP contribution in [0.15, 0.2) is 5.38 Å². The van der Waals surface area contributed by atoms with Crippen molar-refractivity contribution in [2.75, 3.05) is 19.7 Å². The molecule has 39 heavy (non-hydrogen) atoms. The van der Waals surface area contributed by atoms with Gasteiger partial charge in [-0.1, -0.05) is 12.8 Å². The van der Waals surface area contributed by atoms with Crippen molar-refractivity contribution in [1.29, 1.82) is 0 Å². The van der Waals surface area contributed by atoms with Crippen LogP contribution in [0, 0.1) is 17.8 Å². The zero-order valence-electron chi connectivity index (χ0n) is 20.4. The van der Waals surface area contributed by atoms with Crippen molar-refractivity contribution in [3.8, 4) is 0 Å². The van der Waals surface area contributed by atoms with Gasteiger partial charge in [-0.3, -0.25) is 23.9 Å². The molecule has 16 heteroatoms. The van der Waals surface area contributed by atoms with Crippen molar-refractivity contribution in [2.45, 2.75) is 63.1 Å². The monoisotopic (exact) mass is 584 g/mol. The predicted molar refractivity (Wildman–Crippen MR) is 122 cm³/mol. The molecule has 0 bridgehead atoms. The molecule has 3 heterocycles. The number of carbonyl (C=O) groups excluding carboxylic acids is 4. The molecule has 1 aromatic heterocycles. The number of likely N-dealkylation sites (tertiary alicyclic amines) is 1. The lowest BCUT2D eigenvalue weighted by atomic mass is 9.78. The fraction of sp³-hybridized carbons (Fsp3) is 0.696. The Hall–Kier alpha value is -2.75. The fourth-order valence-electron chi connectivity index (χ4n) is 5.61. The van der Waals surface area contributed by atoms with Crippen LogP contribution >= 0.6 is 11.3 Å². The first-order chi connectivity index (χ1) is 18.2.